The second kappa shape index (κ2) is 8.15. The highest BCUT2D eigenvalue weighted by Gasteiger charge is 2.35. The summed E-state index contributed by atoms with van der Waals surface area (Å²) in [4.78, 5) is 20.1. The van der Waals surface area contributed by atoms with Crippen LogP contribution < -0.4 is 5.32 Å². The summed E-state index contributed by atoms with van der Waals surface area (Å²) in [6.45, 7) is 11.1. The fourth-order valence-corrected chi connectivity index (χ4v) is 5.88. The zero-order chi connectivity index (χ0) is 18.1. The van der Waals surface area contributed by atoms with Gasteiger partial charge in [0.15, 0.2) is 0 Å². The Morgan fingerprint density at radius 3 is 2.12 bits per heavy atom. The average molecular weight is 363 g/mol. The van der Waals surface area contributed by atoms with Gasteiger partial charge in [0.25, 0.3) is 0 Å². The molecule has 1 N–H and O–H groups in total. The molecule has 4 aliphatic rings. The van der Waals surface area contributed by atoms with Gasteiger partial charge in [-0.15, -0.1) is 0 Å². The standard InChI is InChI=1S/C21H38N4O/c1-16-3-4-17(2)25(16)12-9-23-7-10-24(11-8-23)21(26)15-18-13-19-5-6-20(14-18)22-19/h16-20,22H,3-15H2,1-2H3. The number of piperidine rings is 1. The summed E-state index contributed by atoms with van der Waals surface area (Å²) in [6.07, 6.45) is 8.56. The third kappa shape index (κ3) is 4.26. The normalized spacial score (nSPS) is 38.8. The molecule has 4 rings (SSSR count). The Kier molecular flexibility index (Phi) is 5.87. The maximum absolute atomic E-state index is 12.7. The first-order chi connectivity index (χ1) is 12.6. The first kappa shape index (κ1) is 18.7. The monoisotopic (exact) mass is 362 g/mol. The summed E-state index contributed by atoms with van der Waals surface area (Å²) in [5.74, 6) is 1.04. The SMILES string of the molecule is CC1CCC(C)N1CCN1CCN(C(=O)CC2CC3CCC(C2)N3)CC1. The van der Waals surface area contributed by atoms with Gasteiger partial charge in [-0.1, -0.05) is 0 Å². The maximum atomic E-state index is 12.7. The van der Waals surface area contributed by atoms with Gasteiger partial charge < -0.3 is 10.2 Å². The Hall–Kier alpha value is -0.650. The quantitative estimate of drug-likeness (QED) is 0.811. The molecule has 26 heavy (non-hydrogen) atoms. The number of fused-ring (bicyclic) bond motifs is 2. The molecule has 148 valence electrons. The van der Waals surface area contributed by atoms with Gasteiger partial charge >= 0.3 is 0 Å². The van der Waals surface area contributed by atoms with Crippen LogP contribution in [0, 0.1) is 5.92 Å². The predicted molar refractivity (Wildman–Crippen MR) is 105 cm³/mol. The van der Waals surface area contributed by atoms with Gasteiger partial charge in [0.2, 0.25) is 5.91 Å². The van der Waals surface area contributed by atoms with Gasteiger partial charge in [-0.25, -0.2) is 0 Å². The lowest BCUT2D eigenvalue weighted by molar-refractivity contribution is -0.134. The first-order valence-corrected chi connectivity index (χ1v) is 11.1. The topological polar surface area (TPSA) is 38.8 Å². The Labute approximate surface area is 159 Å². The van der Waals surface area contributed by atoms with Crippen LogP contribution >= 0.6 is 0 Å². The fraction of sp³-hybridized carbons (Fsp3) is 0.952. The van der Waals surface area contributed by atoms with E-state index >= 15 is 0 Å². The molecule has 0 spiro atoms. The van der Waals surface area contributed by atoms with Crippen molar-refractivity contribution in [1.82, 2.24) is 20.0 Å². The highest BCUT2D eigenvalue weighted by atomic mass is 16.2. The van der Waals surface area contributed by atoms with Gasteiger partial charge in [-0.05, 0) is 58.3 Å². The number of piperazine rings is 1. The molecule has 4 heterocycles. The number of rotatable bonds is 5. The summed E-state index contributed by atoms with van der Waals surface area (Å²) in [5.41, 5.74) is 0. The van der Waals surface area contributed by atoms with E-state index in [0.29, 0.717) is 23.9 Å². The van der Waals surface area contributed by atoms with E-state index in [-0.39, 0.29) is 0 Å². The molecule has 4 saturated heterocycles. The van der Waals surface area contributed by atoms with Crippen molar-refractivity contribution in [1.29, 1.82) is 0 Å². The maximum Gasteiger partial charge on any atom is 0.222 e. The van der Waals surface area contributed by atoms with E-state index in [9.17, 15) is 4.79 Å². The van der Waals surface area contributed by atoms with Crippen LogP contribution in [0.25, 0.3) is 0 Å². The molecule has 1 amide bonds. The number of nitrogens with one attached hydrogen (secondary N) is 1. The van der Waals surface area contributed by atoms with E-state index in [0.717, 1.165) is 51.2 Å². The Morgan fingerprint density at radius 1 is 0.885 bits per heavy atom. The van der Waals surface area contributed by atoms with E-state index < -0.39 is 0 Å². The van der Waals surface area contributed by atoms with E-state index in [1.807, 2.05) is 0 Å². The predicted octanol–water partition coefficient (Wildman–Crippen LogP) is 1.92. The van der Waals surface area contributed by atoms with E-state index in [4.69, 9.17) is 0 Å². The number of carbonyl (C=O) groups excluding carboxylic acids is 1. The van der Waals surface area contributed by atoms with E-state index in [1.54, 1.807) is 0 Å². The molecule has 0 saturated carbocycles. The Balaban J connectivity index is 1.17. The van der Waals surface area contributed by atoms with Crippen molar-refractivity contribution in [2.45, 2.75) is 83.0 Å². The van der Waals surface area contributed by atoms with Crippen LogP contribution in [-0.4, -0.2) is 84.0 Å². The van der Waals surface area contributed by atoms with Crippen molar-refractivity contribution in [2.24, 2.45) is 5.92 Å². The van der Waals surface area contributed by atoms with Crippen LogP contribution in [0.2, 0.25) is 0 Å². The van der Waals surface area contributed by atoms with Crippen LogP contribution in [0.5, 0.6) is 0 Å². The summed E-state index contributed by atoms with van der Waals surface area (Å²) < 4.78 is 0. The van der Waals surface area contributed by atoms with Crippen LogP contribution in [0.1, 0.15) is 58.8 Å². The largest absolute Gasteiger partial charge is 0.340 e. The number of nitrogens with zero attached hydrogens (tertiary/aromatic N) is 3. The molecule has 0 aliphatic carbocycles. The van der Waals surface area contributed by atoms with E-state index in [1.165, 1.54) is 45.1 Å². The lowest BCUT2D eigenvalue weighted by Crippen LogP contribution is -2.51. The van der Waals surface area contributed by atoms with Gasteiger partial charge in [0.05, 0.1) is 0 Å². The van der Waals surface area contributed by atoms with Crippen molar-refractivity contribution in [3.05, 3.63) is 0 Å². The highest BCUT2D eigenvalue weighted by molar-refractivity contribution is 5.76. The lowest BCUT2D eigenvalue weighted by atomic mass is 9.89. The van der Waals surface area contributed by atoms with Crippen LogP contribution in [0.4, 0.5) is 0 Å². The number of hydrogen-bond donors (Lipinski definition) is 1. The minimum atomic E-state index is 0.415. The van der Waals surface area contributed by atoms with Crippen LogP contribution in [-0.2, 0) is 4.79 Å². The zero-order valence-corrected chi connectivity index (χ0v) is 16.8. The third-order valence-corrected chi connectivity index (χ3v) is 7.57. The van der Waals surface area contributed by atoms with Crippen molar-refractivity contribution < 1.29 is 4.79 Å². The lowest BCUT2D eigenvalue weighted by Gasteiger charge is -2.37. The molecule has 2 bridgehead atoms. The molecule has 5 nitrogen and oxygen atoms in total. The van der Waals surface area contributed by atoms with Crippen LogP contribution in [0.3, 0.4) is 0 Å². The number of hydrogen-bond acceptors (Lipinski definition) is 4. The van der Waals surface area contributed by atoms with Crippen molar-refractivity contribution >= 4 is 5.91 Å². The second-order valence-corrected chi connectivity index (χ2v) is 9.42. The minimum absolute atomic E-state index is 0.415. The summed E-state index contributed by atoms with van der Waals surface area (Å²) >= 11 is 0. The van der Waals surface area contributed by atoms with Crippen molar-refractivity contribution in [3.63, 3.8) is 0 Å². The number of amides is 1. The number of likely N-dealkylation sites (tertiary alicyclic amines) is 1. The van der Waals surface area contributed by atoms with Gasteiger partial charge in [-0.2, -0.15) is 0 Å². The molecule has 0 aromatic heterocycles. The molecule has 4 fully saturated rings. The second-order valence-electron chi connectivity index (χ2n) is 9.42. The summed E-state index contributed by atoms with van der Waals surface area (Å²) in [6, 6.07) is 2.87. The highest BCUT2D eigenvalue weighted by Crippen LogP contribution is 2.33. The first-order valence-electron chi connectivity index (χ1n) is 11.1. The Bertz CT molecular complexity index is 468. The molecule has 4 unspecified atom stereocenters. The van der Waals surface area contributed by atoms with Gasteiger partial charge in [0, 0.05) is 69.9 Å². The smallest absolute Gasteiger partial charge is 0.222 e. The van der Waals surface area contributed by atoms with Crippen molar-refractivity contribution in [2.75, 3.05) is 39.3 Å². The molecular weight excluding hydrogens is 324 g/mol. The Morgan fingerprint density at radius 2 is 1.50 bits per heavy atom. The molecular formula is C21H38N4O. The molecule has 0 radical (unpaired) electrons. The molecule has 4 atom stereocenters. The summed E-state index contributed by atoms with van der Waals surface area (Å²) in [7, 11) is 0. The molecule has 4 aliphatic heterocycles. The zero-order valence-electron chi connectivity index (χ0n) is 16.8. The minimum Gasteiger partial charge on any atom is -0.340 e. The number of carbonyl (C=O) groups is 1. The van der Waals surface area contributed by atoms with Crippen molar-refractivity contribution in [3.8, 4) is 0 Å². The fourth-order valence-electron chi connectivity index (χ4n) is 5.88. The van der Waals surface area contributed by atoms with E-state index in [2.05, 4.69) is 33.9 Å². The third-order valence-electron chi connectivity index (χ3n) is 7.57. The molecule has 0 aromatic rings. The van der Waals surface area contributed by atoms with Gasteiger partial charge in [0.1, 0.15) is 0 Å². The van der Waals surface area contributed by atoms with Gasteiger partial charge in [-0.3, -0.25) is 14.6 Å². The van der Waals surface area contributed by atoms with Crippen LogP contribution in [0.15, 0.2) is 0 Å². The summed E-state index contributed by atoms with van der Waals surface area (Å²) in [5, 5.41) is 3.69. The molecule has 5 heteroatoms. The molecule has 0 aromatic carbocycles. The average Bonchev–Trinajstić information content (AvgIpc) is 3.14.